The van der Waals surface area contributed by atoms with Gasteiger partial charge in [0.25, 0.3) is 0 Å². The molecule has 4 nitrogen and oxygen atoms in total. The number of hydrogen-bond donors (Lipinski definition) is 0. The van der Waals surface area contributed by atoms with E-state index in [0.29, 0.717) is 6.04 Å². The van der Waals surface area contributed by atoms with Crippen LogP contribution >= 0.6 is 11.3 Å². The van der Waals surface area contributed by atoms with E-state index < -0.39 is 0 Å². The van der Waals surface area contributed by atoms with Crippen LogP contribution in [0.3, 0.4) is 0 Å². The van der Waals surface area contributed by atoms with Gasteiger partial charge in [-0.3, -0.25) is 0 Å². The van der Waals surface area contributed by atoms with Crippen molar-refractivity contribution >= 4 is 27.4 Å². The molecule has 0 unspecified atom stereocenters. The predicted octanol–water partition coefficient (Wildman–Crippen LogP) is 6.09. The summed E-state index contributed by atoms with van der Waals surface area (Å²) in [5, 5.41) is 3.31. The van der Waals surface area contributed by atoms with Crippen molar-refractivity contribution in [2.45, 2.75) is 33.4 Å². The zero-order valence-electron chi connectivity index (χ0n) is 17.2. The van der Waals surface area contributed by atoms with Crippen molar-refractivity contribution in [3.8, 4) is 16.9 Å². The van der Waals surface area contributed by atoms with Crippen molar-refractivity contribution in [2.75, 3.05) is 12.0 Å². The lowest BCUT2D eigenvalue weighted by molar-refractivity contribution is 0.415. The molecule has 4 rings (SSSR count). The van der Waals surface area contributed by atoms with E-state index in [1.807, 2.05) is 19.1 Å². The Kier molecular flexibility index (Phi) is 5.49. The lowest BCUT2D eigenvalue weighted by Crippen LogP contribution is -2.31. The number of anilines is 1. The van der Waals surface area contributed by atoms with Crippen molar-refractivity contribution in [2.24, 2.45) is 0 Å². The molecule has 5 heteroatoms. The standard InChI is InChI=1S/C24H25N3OS/c1-16(2)27(14-18-8-6-5-7-9-18)23-22-21(15-29-24(22)26-17(3)25-23)19-10-12-20(28-4)13-11-19/h5-13,15-16H,14H2,1-4H3. The van der Waals surface area contributed by atoms with Crippen LogP contribution in [-0.4, -0.2) is 23.1 Å². The Hall–Kier alpha value is -2.92. The van der Waals surface area contributed by atoms with Gasteiger partial charge in [0, 0.05) is 23.5 Å². The summed E-state index contributed by atoms with van der Waals surface area (Å²) in [6.45, 7) is 7.20. The van der Waals surface area contributed by atoms with E-state index in [1.165, 1.54) is 11.1 Å². The van der Waals surface area contributed by atoms with Gasteiger partial charge in [0.05, 0.1) is 12.5 Å². The first-order valence-corrected chi connectivity index (χ1v) is 10.7. The number of nitrogens with zero attached hydrogens (tertiary/aromatic N) is 3. The second-order valence-electron chi connectivity index (χ2n) is 7.36. The summed E-state index contributed by atoms with van der Waals surface area (Å²) in [5.74, 6) is 2.65. The molecule has 0 saturated heterocycles. The van der Waals surface area contributed by atoms with Crippen LogP contribution in [0.15, 0.2) is 60.0 Å². The third kappa shape index (κ3) is 3.96. The maximum atomic E-state index is 5.32. The molecule has 0 amide bonds. The average Bonchev–Trinajstić information content (AvgIpc) is 3.16. The number of ether oxygens (including phenoxy) is 1. The Labute approximate surface area is 175 Å². The SMILES string of the molecule is COc1ccc(-c2csc3nc(C)nc(N(Cc4ccccc4)C(C)C)c23)cc1. The van der Waals surface area contributed by atoms with Crippen LogP contribution in [0.2, 0.25) is 0 Å². The molecule has 2 heterocycles. The molecular weight excluding hydrogens is 378 g/mol. The molecule has 0 radical (unpaired) electrons. The zero-order valence-corrected chi connectivity index (χ0v) is 18.0. The molecular formula is C24H25N3OS. The maximum Gasteiger partial charge on any atom is 0.142 e. The van der Waals surface area contributed by atoms with E-state index in [0.717, 1.165) is 39.7 Å². The van der Waals surface area contributed by atoms with Gasteiger partial charge in [0.15, 0.2) is 0 Å². The zero-order chi connectivity index (χ0) is 20.4. The lowest BCUT2D eigenvalue weighted by atomic mass is 10.0. The third-order valence-electron chi connectivity index (χ3n) is 5.02. The summed E-state index contributed by atoms with van der Waals surface area (Å²) in [4.78, 5) is 13.0. The molecule has 0 fully saturated rings. The van der Waals surface area contributed by atoms with Gasteiger partial charge < -0.3 is 9.64 Å². The first-order valence-electron chi connectivity index (χ1n) is 9.77. The van der Waals surface area contributed by atoms with Gasteiger partial charge in [0.1, 0.15) is 22.2 Å². The lowest BCUT2D eigenvalue weighted by Gasteiger charge is -2.29. The fourth-order valence-corrected chi connectivity index (χ4v) is 4.49. The Balaban J connectivity index is 1.86. The maximum absolute atomic E-state index is 5.32. The Bertz CT molecular complexity index is 1100. The number of fused-ring (bicyclic) bond motifs is 1. The number of thiophene rings is 1. The molecule has 0 saturated carbocycles. The van der Waals surface area contributed by atoms with Gasteiger partial charge in [-0.05, 0) is 44.0 Å². The van der Waals surface area contributed by atoms with Crippen molar-refractivity contribution < 1.29 is 4.74 Å². The minimum Gasteiger partial charge on any atom is -0.497 e. The second kappa shape index (κ2) is 8.21. The highest BCUT2D eigenvalue weighted by Crippen LogP contribution is 2.39. The first kappa shape index (κ1) is 19.4. The van der Waals surface area contributed by atoms with Crippen LogP contribution in [0.25, 0.3) is 21.3 Å². The van der Waals surface area contributed by atoms with Gasteiger partial charge >= 0.3 is 0 Å². The Morgan fingerprint density at radius 3 is 2.38 bits per heavy atom. The topological polar surface area (TPSA) is 38.3 Å². The van der Waals surface area contributed by atoms with Crippen molar-refractivity contribution in [3.63, 3.8) is 0 Å². The van der Waals surface area contributed by atoms with Crippen LogP contribution in [0.4, 0.5) is 5.82 Å². The van der Waals surface area contributed by atoms with E-state index in [2.05, 4.69) is 66.6 Å². The summed E-state index contributed by atoms with van der Waals surface area (Å²) < 4.78 is 5.32. The fourth-order valence-electron chi connectivity index (χ4n) is 3.50. The molecule has 148 valence electrons. The highest BCUT2D eigenvalue weighted by atomic mass is 32.1. The van der Waals surface area contributed by atoms with Gasteiger partial charge in [0.2, 0.25) is 0 Å². The molecule has 0 aliphatic heterocycles. The minimum absolute atomic E-state index is 0.302. The number of rotatable bonds is 6. The highest BCUT2D eigenvalue weighted by molar-refractivity contribution is 7.17. The van der Waals surface area contributed by atoms with Crippen LogP contribution in [0.1, 0.15) is 25.2 Å². The van der Waals surface area contributed by atoms with Crippen molar-refractivity contribution in [1.29, 1.82) is 0 Å². The van der Waals surface area contributed by atoms with E-state index in [4.69, 9.17) is 14.7 Å². The Morgan fingerprint density at radius 2 is 1.72 bits per heavy atom. The summed E-state index contributed by atoms with van der Waals surface area (Å²) in [6, 6.07) is 19.0. The minimum atomic E-state index is 0.302. The molecule has 0 aliphatic rings. The number of aryl methyl sites for hydroxylation is 1. The third-order valence-corrected chi connectivity index (χ3v) is 5.89. The van der Waals surface area contributed by atoms with E-state index in [9.17, 15) is 0 Å². The first-order chi connectivity index (χ1) is 14.1. The Morgan fingerprint density at radius 1 is 1.00 bits per heavy atom. The van der Waals surface area contributed by atoms with E-state index >= 15 is 0 Å². The van der Waals surface area contributed by atoms with Gasteiger partial charge in [-0.25, -0.2) is 9.97 Å². The normalized spacial score (nSPS) is 11.2. The number of methoxy groups -OCH3 is 1. The molecule has 0 atom stereocenters. The molecule has 2 aromatic carbocycles. The van der Waals surface area contributed by atoms with E-state index in [-0.39, 0.29) is 0 Å². The molecule has 0 bridgehead atoms. The second-order valence-corrected chi connectivity index (χ2v) is 8.22. The van der Waals surface area contributed by atoms with Crippen LogP contribution in [-0.2, 0) is 6.54 Å². The molecule has 0 aliphatic carbocycles. The summed E-state index contributed by atoms with van der Waals surface area (Å²) in [5.41, 5.74) is 3.59. The number of benzene rings is 2. The molecule has 2 aromatic heterocycles. The number of aromatic nitrogens is 2. The fraction of sp³-hybridized carbons (Fsp3) is 0.250. The summed E-state index contributed by atoms with van der Waals surface area (Å²) in [7, 11) is 1.69. The highest BCUT2D eigenvalue weighted by Gasteiger charge is 2.21. The van der Waals surface area contributed by atoms with Gasteiger partial charge in [-0.1, -0.05) is 42.5 Å². The largest absolute Gasteiger partial charge is 0.497 e. The summed E-state index contributed by atoms with van der Waals surface area (Å²) >= 11 is 1.67. The predicted molar refractivity (Wildman–Crippen MR) is 122 cm³/mol. The molecule has 29 heavy (non-hydrogen) atoms. The van der Waals surface area contributed by atoms with Crippen LogP contribution in [0, 0.1) is 6.92 Å². The molecule has 0 N–H and O–H groups in total. The molecule has 0 spiro atoms. The van der Waals surface area contributed by atoms with E-state index in [1.54, 1.807) is 18.4 Å². The summed E-state index contributed by atoms with van der Waals surface area (Å²) in [6.07, 6.45) is 0. The van der Waals surface area contributed by atoms with Crippen LogP contribution in [0.5, 0.6) is 5.75 Å². The molecule has 4 aromatic rings. The van der Waals surface area contributed by atoms with Crippen molar-refractivity contribution in [3.05, 3.63) is 71.4 Å². The van der Waals surface area contributed by atoms with Crippen LogP contribution < -0.4 is 9.64 Å². The smallest absolute Gasteiger partial charge is 0.142 e. The van der Waals surface area contributed by atoms with Gasteiger partial charge in [-0.15, -0.1) is 11.3 Å². The number of hydrogen-bond acceptors (Lipinski definition) is 5. The monoisotopic (exact) mass is 403 g/mol. The average molecular weight is 404 g/mol. The van der Waals surface area contributed by atoms with Crippen molar-refractivity contribution in [1.82, 2.24) is 9.97 Å². The van der Waals surface area contributed by atoms with Gasteiger partial charge in [-0.2, -0.15) is 0 Å². The quantitative estimate of drug-likeness (QED) is 0.390.